The summed E-state index contributed by atoms with van der Waals surface area (Å²) in [4.78, 5) is 21.0. The van der Waals surface area contributed by atoms with E-state index in [9.17, 15) is 4.79 Å². The van der Waals surface area contributed by atoms with Gasteiger partial charge in [-0.15, -0.1) is 0 Å². The molecule has 0 aliphatic rings. The Morgan fingerprint density at radius 1 is 1.10 bits per heavy atom. The fourth-order valence-corrected chi connectivity index (χ4v) is 3.36. The first-order valence-corrected chi connectivity index (χ1v) is 10.0. The van der Waals surface area contributed by atoms with Crippen LogP contribution in [0.5, 0.6) is 0 Å². The molecule has 0 fully saturated rings. The van der Waals surface area contributed by atoms with Gasteiger partial charge in [-0.05, 0) is 50.1 Å². The molecular weight excluding hydrogens is 376 g/mol. The Morgan fingerprint density at radius 2 is 1.93 bits per heavy atom. The Bertz CT molecular complexity index is 1170. The minimum Gasteiger partial charge on any atom is -0.368 e. The highest BCUT2D eigenvalue weighted by Gasteiger charge is 2.09. The van der Waals surface area contributed by atoms with Crippen molar-refractivity contribution in [3.8, 4) is 0 Å². The summed E-state index contributed by atoms with van der Waals surface area (Å²) in [6.07, 6.45) is 4.14. The maximum Gasteiger partial charge on any atom is 0.255 e. The lowest BCUT2D eigenvalue weighted by atomic mass is 10.1. The summed E-state index contributed by atoms with van der Waals surface area (Å²) in [6, 6.07) is 15.5. The third-order valence-corrected chi connectivity index (χ3v) is 4.93. The third-order valence-electron chi connectivity index (χ3n) is 4.93. The van der Waals surface area contributed by atoms with Crippen LogP contribution >= 0.6 is 0 Å². The van der Waals surface area contributed by atoms with Crippen molar-refractivity contribution in [1.82, 2.24) is 19.7 Å². The lowest BCUT2D eigenvalue weighted by Gasteiger charge is -2.09. The lowest BCUT2D eigenvalue weighted by molar-refractivity contribution is 0.102. The quantitative estimate of drug-likeness (QED) is 0.489. The average molecular weight is 400 g/mol. The van der Waals surface area contributed by atoms with Gasteiger partial charge in [0.15, 0.2) is 5.82 Å². The summed E-state index contributed by atoms with van der Waals surface area (Å²) < 4.78 is 1.89. The number of aryl methyl sites for hydroxylation is 2. The molecule has 152 valence electrons. The number of rotatable bonds is 7. The van der Waals surface area contributed by atoms with Crippen LogP contribution in [0.25, 0.3) is 11.0 Å². The van der Waals surface area contributed by atoms with Crippen molar-refractivity contribution in [2.45, 2.75) is 26.8 Å². The molecule has 0 atom stereocenters. The van der Waals surface area contributed by atoms with Crippen LogP contribution < -0.4 is 10.6 Å². The number of amides is 1. The zero-order valence-corrected chi connectivity index (χ0v) is 17.1. The molecule has 0 unspecified atom stereocenters. The van der Waals surface area contributed by atoms with E-state index in [1.807, 2.05) is 67.1 Å². The smallest absolute Gasteiger partial charge is 0.255 e. The van der Waals surface area contributed by atoms with Gasteiger partial charge < -0.3 is 10.6 Å². The summed E-state index contributed by atoms with van der Waals surface area (Å²) in [5.74, 6) is 0.690. The molecule has 0 saturated heterocycles. The predicted octanol–water partition coefficient (Wildman–Crippen LogP) is 4.06. The molecular formula is C23H24N6O. The first kappa shape index (κ1) is 19.6. The highest BCUT2D eigenvalue weighted by Crippen LogP contribution is 2.19. The van der Waals surface area contributed by atoms with Crippen molar-refractivity contribution in [3.05, 3.63) is 77.7 Å². The van der Waals surface area contributed by atoms with Crippen LogP contribution in [0.2, 0.25) is 0 Å². The van der Waals surface area contributed by atoms with E-state index in [2.05, 4.69) is 25.7 Å². The van der Waals surface area contributed by atoms with Crippen molar-refractivity contribution >= 4 is 28.4 Å². The number of hydrogen-bond donors (Lipinski definition) is 2. The molecule has 4 rings (SSSR count). The fraction of sp³-hybridized carbons (Fsp3) is 0.217. The largest absolute Gasteiger partial charge is 0.368 e. The van der Waals surface area contributed by atoms with Gasteiger partial charge >= 0.3 is 0 Å². The van der Waals surface area contributed by atoms with E-state index in [0.29, 0.717) is 5.56 Å². The van der Waals surface area contributed by atoms with Gasteiger partial charge in [-0.25, -0.2) is 9.97 Å². The van der Waals surface area contributed by atoms with Crippen LogP contribution in [0.1, 0.15) is 28.4 Å². The van der Waals surface area contributed by atoms with Crippen LogP contribution in [-0.4, -0.2) is 32.2 Å². The lowest BCUT2D eigenvalue weighted by Crippen LogP contribution is -2.12. The summed E-state index contributed by atoms with van der Waals surface area (Å²) in [7, 11) is 0. The number of aromatic nitrogens is 4. The van der Waals surface area contributed by atoms with Gasteiger partial charge in [0, 0.05) is 24.3 Å². The van der Waals surface area contributed by atoms with Gasteiger partial charge in [-0.1, -0.05) is 29.8 Å². The number of nitrogens with one attached hydrogen (secondary N) is 2. The molecule has 0 bridgehead atoms. The monoisotopic (exact) mass is 400 g/mol. The number of hydrogen-bond acceptors (Lipinski definition) is 5. The first-order chi connectivity index (χ1) is 14.6. The SMILES string of the molecule is CCn1ncc2ncnc(NCCc3ccc(NC(=O)c4cccc(C)c4)cc3)c21. The Hall–Kier alpha value is -3.74. The van der Waals surface area contributed by atoms with E-state index in [0.717, 1.165) is 47.6 Å². The summed E-state index contributed by atoms with van der Waals surface area (Å²) in [5, 5.41) is 10.7. The van der Waals surface area contributed by atoms with Gasteiger partial charge in [-0.2, -0.15) is 5.10 Å². The highest BCUT2D eigenvalue weighted by molar-refractivity contribution is 6.04. The number of nitrogens with zero attached hydrogens (tertiary/aromatic N) is 4. The third kappa shape index (κ3) is 4.30. The van der Waals surface area contributed by atoms with E-state index in [4.69, 9.17) is 0 Å². The maximum absolute atomic E-state index is 12.4. The molecule has 2 heterocycles. The van der Waals surface area contributed by atoms with Crippen LogP contribution in [0.4, 0.5) is 11.5 Å². The number of carbonyl (C=O) groups is 1. The minimum absolute atomic E-state index is 0.103. The molecule has 4 aromatic rings. The zero-order valence-electron chi connectivity index (χ0n) is 17.1. The standard InChI is InChI=1S/C23H24N6O/c1-3-29-21-20(14-27-29)25-15-26-22(21)24-12-11-17-7-9-19(10-8-17)28-23(30)18-6-4-5-16(2)13-18/h4-10,13-15H,3,11-12H2,1-2H3,(H,28,30)(H,24,25,26). The maximum atomic E-state index is 12.4. The van der Waals surface area contributed by atoms with E-state index in [-0.39, 0.29) is 5.91 Å². The topological polar surface area (TPSA) is 84.7 Å². The second kappa shape index (κ2) is 8.73. The Morgan fingerprint density at radius 3 is 2.70 bits per heavy atom. The number of benzene rings is 2. The fourth-order valence-electron chi connectivity index (χ4n) is 3.36. The van der Waals surface area contributed by atoms with Crippen LogP contribution in [0.3, 0.4) is 0 Å². The Kier molecular flexibility index (Phi) is 5.70. The van der Waals surface area contributed by atoms with E-state index < -0.39 is 0 Å². The molecule has 2 N–H and O–H groups in total. The summed E-state index contributed by atoms with van der Waals surface area (Å²) in [5.41, 5.74) is 5.43. The first-order valence-electron chi connectivity index (χ1n) is 10.0. The molecule has 7 nitrogen and oxygen atoms in total. The van der Waals surface area contributed by atoms with Crippen molar-refractivity contribution < 1.29 is 4.79 Å². The molecule has 7 heteroatoms. The van der Waals surface area contributed by atoms with Gasteiger partial charge in [0.25, 0.3) is 5.91 Å². The average Bonchev–Trinajstić information content (AvgIpc) is 3.19. The number of fused-ring (bicyclic) bond motifs is 1. The van der Waals surface area contributed by atoms with Gasteiger partial charge in [0.05, 0.1) is 6.20 Å². The van der Waals surface area contributed by atoms with Crippen LogP contribution in [0, 0.1) is 6.92 Å². The van der Waals surface area contributed by atoms with Crippen LogP contribution in [-0.2, 0) is 13.0 Å². The summed E-state index contributed by atoms with van der Waals surface area (Å²) >= 11 is 0. The highest BCUT2D eigenvalue weighted by atomic mass is 16.1. The zero-order chi connectivity index (χ0) is 20.9. The van der Waals surface area contributed by atoms with Gasteiger partial charge in [0.2, 0.25) is 0 Å². The molecule has 0 aliphatic heterocycles. The molecule has 0 spiro atoms. The number of carbonyl (C=O) groups excluding carboxylic acids is 1. The molecule has 0 saturated carbocycles. The van der Waals surface area contributed by atoms with Crippen molar-refractivity contribution in [2.75, 3.05) is 17.2 Å². The van der Waals surface area contributed by atoms with E-state index >= 15 is 0 Å². The van der Waals surface area contributed by atoms with Crippen molar-refractivity contribution in [2.24, 2.45) is 0 Å². The molecule has 30 heavy (non-hydrogen) atoms. The molecule has 2 aromatic heterocycles. The van der Waals surface area contributed by atoms with Gasteiger partial charge in [0.1, 0.15) is 17.4 Å². The van der Waals surface area contributed by atoms with Gasteiger partial charge in [-0.3, -0.25) is 9.48 Å². The Balaban J connectivity index is 1.35. The van der Waals surface area contributed by atoms with E-state index in [1.165, 1.54) is 5.56 Å². The molecule has 2 aromatic carbocycles. The molecule has 0 radical (unpaired) electrons. The van der Waals surface area contributed by atoms with Crippen molar-refractivity contribution in [1.29, 1.82) is 0 Å². The Labute approximate surface area is 175 Å². The molecule has 0 aliphatic carbocycles. The normalized spacial score (nSPS) is 10.9. The number of anilines is 2. The predicted molar refractivity (Wildman–Crippen MR) is 119 cm³/mol. The molecule has 1 amide bonds. The summed E-state index contributed by atoms with van der Waals surface area (Å²) in [6.45, 7) is 5.52. The van der Waals surface area contributed by atoms with E-state index in [1.54, 1.807) is 12.5 Å². The van der Waals surface area contributed by atoms with Crippen molar-refractivity contribution in [3.63, 3.8) is 0 Å². The minimum atomic E-state index is -0.103. The second-order valence-corrected chi connectivity index (χ2v) is 7.11. The second-order valence-electron chi connectivity index (χ2n) is 7.11. The van der Waals surface area contributed by atoms with Crippen LogP contribution in [0.15, 0.2) is 61.1 Å².